The molecule has 17 heavy (non-hydrogen) atoms. The van der Waals surface area contributed by atoms with Gasteiger partial charge in [0, 0.05) is 6.54 Å². The third-order valence-electron chi connectivity index (χ3n) is 2.15. The van der Waals surface area contributed by atoms with Crippen LogP contribution in [0.1, 0.15) is 5.56 Å². The van der Waals surface area contributed by atoms with Crippen LogP contribution < -0.4 is 10.1 Å². The molecule has 1 aromatic carbocycles. The maximum absolute atomic E-state index is 5.90. The summed E-state index contributed by atoms with van der Waals surface area (Å²) in [5.41, 5.74) is 1.19. The van der Waals surface area contributed by atoms with Crippen LogP contribution in [0.15, 0.2) is 36.8 Å². The first-order chi connectivity index (χ1) is 8.29. The Hall–Kier alpha value is -1.65. The molecule has 2 aromatic rings. The molecule has 0 amide bonds. The number of halogens is 1. The van der Waals surface area contributed by atoms with Gasteiger partial charge in [0.15, 0.2) is 0 Å². The monoisotopic (exact) mass is 249 g/mol. The Morgan fingerprint density at radius 3 is 2.71 bits per heavy atom. The van der Waals surface area contributed by atoms with E-state index in [1.165, 1.54) is 18.1 Å². The van der Waals surface area contributed by atoms with Gasteiger partial charge < -0.3 is 10.1 Å². The lowest BCUT2D eigenvalue weighted by Gasteiger charge is -2.06. The van der Waals surface area contributed by atoms with Crippen LogP contribution in [0.3, 0.4) is 0 Å². The number of hydrogen-bond donors (Lipinski definition) is 1. The summed E-state index contributed by atoms with van der Waals surface area (Å²) in [7, 11) is 1.91. The van der Waals surface area contributed by atoms with Crippen molar-refractivity contribution in [3.05, 3.63) is 47.4 Å². The van der Waals surface area contributed by atoms with Crippen molar-refractivity contribution in [2.45, 2.75) is 6.54 Å². The van der Waals surface area contributed by atoms with Crippen LogP contribution in [0, 0.1) is 0 Å². The lowest BCUT2D eigenvalue weighted by molar-refractivity contribution is 0.461. The van der Waals surface area contributed by atoms with E-state index in [0.717, 1.165) is 6.54 Å². The highest BCUT2D eigenvalue weighted by Crippen LogP contribution is 2.25. The zero-order chi connectivity index (χ0) is 12.1. The molecule has 1 N–H and O–H groups in total. The lowest BCUT2D eigenvalue weighted by atomic mass is 10.2. The van der Waals surface area contributed by atoms with Crippen LogP contribution >= 0.6 is 11.6 Å². The maximum atomic E-state index is 5.90. The molecule has 1 heterocycles. The summed E-state index contributed by atoms with van der Waals surface area (Å²) in [6.45, 7) is 0.828. The topological polar surface area (TPSA) is 47.0 Å². The number of nitrogens with one attached hydrogen (secondary N) is 1. The first-order valence-corrected chi connectivity index (χ1v) is 5.54. The minimum Gasteiger partial charge on any atom is -0.437 e. The van der Waals surface area contributed by atoms with E-state index in [2.05, 4.69) is 15.3 Å². The largest absolute Gasteiger partial charge is 0.437 e. The highest BCUT2D eigenvalue weighted by Gasteiger charge is 2.03. The van der Waals surface area contributed by atoms with Gasteiger partial charge in [0.2, 0.25) is 5.88 Å². The molecule has 0 aliphatic carbocycles. The summed E-state index contributed by atoms with van der Waals surface area (Å²) < 4.78 is 5.54. The van der Waals surface area contributed by atoms with Gasteiger partial charge in [-0.15, -0.1) is 0 Å². The smallest absolute Gasteiger partial charge is 0.241 e. The van der Waals surface area contributed by atoms with E-state index in [4.69, 9.17) is 16.3 Å². The van der Waals surface area contributed by atoms with Crippen molar-refractivity contribution in [2.75, 3.05) is 7.05 Å². The second kappa shape index (κ2) is 5.61. The fraction of sp³-hybridized carbons (Fsp3) is 0.167. The van der Waals surface area contributed by atoms with E-state index in [9.17, 15) is 0 Å². The average Bonchev–Trinajstić information content (AvgIpc) is 2.35. The summed E-state index contributed by atoms with van der Waals surface area (Å²) >= 11 is 5.90. The Bertz CT molecular complexity index is 487. The molecule has 0 spiro atoms. The first kappa shape index (κ1) is 11.8. The fourth-order valence-electron chi connectivity index (χ4n) is 1.37. The van der Waals surface area contributed by atoms with Gasteiger partial charge >= 0.3 is 0 Å². The quantitative estimate of drug-likeness (QED) is 0.905. The fourth-order valence-corrected chi connectivity index (χ4v) is 1.51. The van der Waals surface area contributed by atoms with Gasteiger partial charge in [-0.1, -0.05) is 23.7 Å². The predicted octanol–water partition coefficient (Wildman–Crippen LogP) is 2.64. The molecule has 0 saturated carbocycles. The van der Waals surface area contributed by atoms with Crippen molar-refractivity contribution in [1.29, 1.82) is 0 Å². The molecule has 4 nitrogen and oxygen atoms in total. The van der Waals surface area contributed by atoms with Crippen molar-refractivity contribution in [1.82, 2.24) is 15.3 Å². The predicted molar refractivity (Wildman–Crippen MR) is 66.3 cm³/mol. The Labute approximate surface area is 105 Å². The normalized spacial score (nSPS) is 10.2. The molecule has 0 aliphatic rings. The van der Waals surface area contributed by atoms with Crippen LogP contribution in [0.5, 0.6) is 11.6 Å². The molecule has 1 aromatic heterocycles. The van der Waals surface area contributed by atoms with Crippen LogP contribution in [-0.2, 0) is 6.54 Å². The summed E-state index contributed by atoms with van der Waals surface area (Å²) in [4.78, 5) is 7.75. The SMILES string of the molecule is CNCc1ccc(Oc2ncncc2Cl)cc1. The highest BCUT2D eigenvalue weighted by atomic mass is 35.5. The van der Waals surface area contributed by atoms with Crippen molar-refractivity contribution in [3.8, 4) is 11.6 Å². The van der Waals surface area contributed by atoms with Gasteiger partial charge in [0.25, 0.3) is 0 Å². The Balaban J connectivity index is 2.11. The molecule has 2 rings (SSSR count). The number of nitrogens with zero attached hydrogens (tertiary/aromatic N) is 2. The highest BCUT2D eigenvalue weighted by molar-refractivity contribution is 6.31. The second-order valence-corrected chi connectivity index (χ2v) is 3.86. The van der Waals surface area contributed by atoms with E-state index in [1.807, 2.05) is 31.3 Å². The van der Waals surface area contributed by atoms with Crippen molar-refractivity contribution >= 4 is 11.6 Å². The van der Waals surface area contributed by atoms with Gasteiger partial charge in [0.1, 0.15) is 17.1 Å². The van der Waals surface area contributed by atoms with Gasteiger partial charge in [-0.05, 0) is 24.7 Å². The molecule has 0 fully saturated rings. The summed E-state index contributed by atoms with van der Waals surface area (Å²) in [6, 6.07) is 7.73. The van der Waals surface area contributed by atoms with Gasteiger partial charge in [0.05, 0.1) is 6.20 Å². The summed E-state index contributed by atoms with van der Waals surface area (Å²) in [5.74, 6) is 1.06. The Kier molecular flexibility index (Phi) is 3.90. The minimum absolute atomic E-state index is 0.364. The number of ether oxygens (including phenoxy) is 1. The van der Waals surface area contributed by atoms with Crippen molar-refractivity contribution in [2.24, 2.45) is 0 Å². The molecular weight excluding hydrogens is 238 g/mol. The van der Waals surface area contributed by atoms with Crippen LogP contribution in [-0.4, -0.2) is 17.0 Å². The molecule has 88 valence electrons. The van der Waals surface area contributed by atoms with Crippen LogP contribution in [0.25, 0.3) is 0 Å². The standard InChI is InChI=1S/C12H12ClN3O/c1-14-6-9-2-4-10(5-3-9)17-12-11(13)7-15-8-16-12/h2-5,7-8,14H,6H2,1H3. The summed E-state index contributed by atoms with van der Waals surface area (Å²) in [6.07, 6.45) is 2.90. The van der Waals surface area contributed by atoms with E-state index in [0.29, 0.717) is 16.7 Å². The molecule has 0 saturated heterocycles. The lowest BCUT2D eigenvalue weighted by Crippen LogP contribution is -2.04. The molecule has 0 bridgehead atoms. The number of benzene rings is 1. The second-order valence-electron chi connectivity index (χ2n) is 3.45. The Morgan fingerprint density at radius 2 is 2.06 bits per heavy atom. The molecule has 5 heteroatoms. The maximum Gasteiger partial charge on any atom is 0.241 e. The molecule has 0 atom stereocenters. The Morgan fingerprint density at radius 1 is 1.29 bits per heavy atom. The van der Waals surface area contributed by atoms with Crippen LogP contribution in [0.2, 0.25) is 5.02 Å². The summed E-state index contributed by atoms with van der Waals surface area (Å²) in [5, 5.41) is 3.47. The third kappa shape index (κ3) is 3.15. The van der Waals surface area contributed by atoms with E-state index >= 15 is 0 Å². The average molecular weight is 250 g/mol. The zero-order valence-electron chi connectivity index (χ0n) is 9.35. The minimum atomic E-state index is 0.364. The first-order valence-electron chi connectivity index (χ1n) is 5.16. The van der Waals surface area contributed by atoms with Gasteiger partial charge in [-0.2, -0.15) is 0 Å². The van der Waals surface area contributed by atoms with Crippen molar-refractivity contribution < 1.29 is 4.74 Å². The molecular formula is C12H12ClN3O. The van der Waals surface area contributed by atoms with Crippen molar-refractivity contribution in [3.63, 3.8) is 0 Å². The van der Waals surface area contributed by atoms with Crippen LogP contribution in [0.4, 0.5) is 0 Å². The van der Waals surface area contributed by atoms with E-state index < -0.39 is 0 Å². The third-order valence-corrected chi connectivity index (χ3v) is 2.41. The van der Waals surface area contributed by atoms with E-state index in [1.54, 1.807) is 0 Å². The molecule has 0 radical (unpaired) electrons. The zero-order valence-corrected chi connectivity index (χ0v) is 10.1. The van der Waals surface area contributed by atoms with Gasteiger partial charge in [-0.3, -0.25) is 0 Å². The molecule has 0 aliphatic heterocycles. The number of aromatic nitrogens is 2. The van der Waals surface area contributed by atoms with E-state index in [-0.39, 0.29) is 0 Å². The number of hydrogen-bond acceptors (Lipinski definition) is 4. The van der Waals surface area contributed by atoms with Gasteiger partial charge in [-0.25, -0.2) is 9.97 Å². The number of rotatable bonds is 4. The molecule has 0 unspecified atom stereocenters.